The average molecular weight is 242 g/mol. The number of rotatable bonds is 3. The summed E-state index contributed by atoms with van der Waals surface area (Å²) in [5, 5.41) is 1.97. The van der Waals surface area contributed by atoms with Crippen molar-refractivity contribution in [2.45, 2.75) is 25.0 Å². The fourth-order valence-electron chi connectivity index (χ4n) is 2.22. The minimum atomic E-state index is -0.316. The molecule has 0 bridgehead atoms. The number of nitrogens with one attached hydrogen (secondary N) is 1. The third-order valence-electron chi connectivity index (χ3n) is 3.43. The maximum absolute atomic E-state index is 11.9. The van der Waals surface area contributed by atoms with E-state index in [0.29, 0.717) is 6.54 Å². The van der Waals surface area contributed by atoms with E-state index < -0.39 is 0 Å². The first-order chi connectivity index (χ1) is 8.19. The third-order valence-corrected chi connectivity index (χ3v) is 3.43. The summed E-state index contributed by atoms with van der Waals surface area (Å²) in [6.07, 6.45) is 1.40. The zero-order valence-electron chi connectivity index (χ0n) is 10.4. The molecule has 0 radical (unpaired) electrons. The van der Waals surface area contributed by atoms with Gasteiger partial charge in [-0.15, -0.1) is 0 Å². The molecule has 2 rings (SSSR count). The van der Waals surface area contributed by atoms with E-state index in [-0.39, 0.29) is 18.1 Å². The third kappa shape index (κ3) is 3.38. The van der Waals surface area contributed by atoms with Gasteiger partial charge in [0.1, 0.15) is 6.10 Å². The van der Waals surface area contributed by atoms with Gasteiger partial charge in [-0.05, 0) is 19.9 Å². The van der Waals surface area contributed by atoms with Gasteiger partial charge in [-0.2, -0.15) is 0 Å². The zero-order valence-corrected chi connectivity index (χ0v) is 10.4. The zero-order chi connectivity index (χ0) is 12.3. The molecule has 2 unspecified atom stereocenters. The summed E-state index contributed by atoms with van der Waals surface area (Å²) in [7, 11) is 2.09. The van der Waals surface area contributed by atoms with Crippen LogP contribution >= 0.6 is 0 Å². The van der Waals surface area contributed by atoms with Crippen LogP contribution in [0.4, 0.5) is 0 Å². The van der Waals surface area contributed by atoms with Crippen molar-refractivity contribution in [1.29, 1.82) is 0 Å². The quantitative estimate of drug-likeness (QED) is 0.648. The van der Waals surface area contributed by atoms with Crippen molar-refractivity contribution in [1.82, 2.24) is 15.3 Å². The number of ether oxygens (including phenoxy) is 1. The molecule has 2 atom stereocenters. The average Bonchev–Trinajstić information content (AvgIpc) is 2.81. The van der Waals surface area contributed by atoms with Gasteiger partial charge in [0.15, 0.2) is 0 Å². The molecule has 0 aromatic carbocycles. The number of amides is 1. The Kier molecular flexibility index (Phi) is 4.33. The number of nitrogens with two attached hydrogens (primary N) is 1. The predicted molar refractivity (Wildman–Crippen MR) is 64.2 cm³/mol. The SMILES string of the molecule is CN1CCN(NC(=O)C2CCC(CN)O2)CC1. The Morgan fingerprint density at radius 2 is 2.06 bits per heavy atom. The monoisotopic (exact) mass is 242 g/mol. The van der Waals surface area contributed by atoms with E-state index in [4.69, 9.17) is 10.5 Å². The molecule has 1 amide bonds. The predicted octanol–water partition coefficient (Wildman–Crippen LogP) is -1.23. The summed E-state index contributed by atoms with van der Waals surface area (Å²) in [5.74, 6) is -0.0227. The molecular weight excluding hydrogens is 220 g/mol. The van der Waals surface area contributed by atoms with Crippen LogP contribution in [0.25, 0.3) is 0 Å². The highest BCUT2D eigenvalue weighted by Gasteiger charge is 2.31. The standard InChI is InChI=1S/C11H22N4O2/c1-14-4-6-15(7-5-14)13-11(16)10-3-2-9(8-12)17-10/h9-10H,2-8,12H2,1H3,(H,13,16). The normalized spacial score (nSPS) is 31.6. The van der Waals surface area contributed by atoms with Crippen molar-refractivity contribution < 1.29 is 9.53 Å². The van der Waals surface area contributed by atoms with Gasteiger partial charge in [-0.1, -0.05) is 0 Å². The molecule has 2 saturated heterocycles. The highest BCUT2D eigenvalue weighted by molar-refractivity contribution is 5.80. The topological polar surface area (TPSA) is 70.8 Å². The van der Waals surface area contributed by atoms with Crippen LogP contribution in [0.5, 0.6) is 0 Å². The number of hydrogen-bond donors (Lipinski definition) is 2. The molecule has 6 nitrogen and oxygen atoms in total. The Bertz CT molecular complexity index is 266. The lowest BCUT2D eigenvalue weighted by Gasteiger charge is -2.32. The number of carbonyl (C=O) groups excluding carboxylic acids is 1. The second kappa shape index (κ2) is 5.77. The molecular formula is C11H22N4O2. The van der Waals surface area contributed by atoms with Gasteiger partial charge in [-0.25, -0.2) is 5.01 Å². The van der Waals surface area contributed by atoms with Crippen molar-refractivity contribution in [3.05, 3.63) is 0 Å². The highest BCUT2D eigenvalue weighted by Crippen LogP contribution is 2.18. The van der Waals surface area contributed by atoms with Gasteiger partial charge in [0.25, 0.3) is 5.91 Å². The lowest BCUT2D eigenvalue weighted by Crippen LogP contribution is -2.54. The highest BCUT2D eigenvalue weighted by atomic mass is 16.5. The maximum atomic E-state index is 11.9. The molecule has 0 aromatic heterocycles. The van der Waals surface area contributed by atoms with Gasteiger partial charge in [0, 0.05) is 32.7 Å². The van der Waals surface area contributed by atoms with Crippen LogP contribution in [0.15, 0.2) is 0 Å². The number of nitrogens with zero attached hydrogens (tertiary/aromatic N) is 2. The Morgan fingerprint density at radius 3 is 2.65 bits per heavy atom. The molecule has 2 aliphatic heterocycles. The van der Waals surface area contributed by atoms with Gasteiger partial charge in [-0.3, -0.25) is 10.2 Å². The summed E-state index contributed by atoms with van der Waals surface area (Å²) < 4.78 is 5.56. The molecule has 98 valence electrons. The molecule has 0 saturated carbocycles. The number of hydrogen-bond acceptors (Lipinski definition) is 5. The molecule has 2 fully saturated rings. The Hall–Kier alpha value is -0.690. The lowest BCUT2D eigenvalue weighted by molar-refractivity contribution is -0.137. The maximum Gasteiger partial charge on any atom is 0.263 e. The van der Waals surface area contributed by atoms with Crippen molar-refractivity contribution in [2.75, 3.05) is 39.8 Å². The van der Waals surface area contributed by atoms with Crippen LogP contribution in [-0.4, -0.2) is 67.8 Å². The van der Waals surface area contributed by atoms with Crippen LogP contribution in [0.1, 0.15) is 12.8 Å². The molecule has 3 N–H and O–H groups in total. The van der Waals surface area contributed by atoms with E-state index in [1.807, 2.05) is 5.01 Å². The lowest BCUT2D eigenvalue weighted by atomic mass is 10.2. The number of carbonyl (C=O) groups is 1. The molecule has 2 heterocycles. The Morgan fingerprint density at radius 1 is 1.35 bits per heavy atom. The van der Waals surface area contributed by atoms with Crippen LogP contribution < -0.4 is 11.2 Å². The smallest absolute Gasteiger partial charge is 0.263 e. The fourth-order valence-corrected chi connectivity index (χ4v) is 2.22. The summed E-state index contributed by atoms with van der Waals surface area (Å²) in [4.78, 5) is 14.2. The molecule has 17 heavy (non-hydrogen) atoms. The van der Waals surface area contributed by atoms with E-state index in [0.717, 1.165) is 39.0 Å². The second-order valence-electron chi connectivity index (χ2n) is 4.83. The summed E-state index contributed by atoms with van der Waals surface area (Å²) >= 11 is 0. The minimum Gasteiger partial charge on any atom is -0.364 e. The summed E-state index contributed by atoms with van der Waals surface area (Å²) in [6, 6.07) is 0. The van der Waals surface area contributed by atoms with Crippen LogP contribution in [0, 0.1) is 0 Å². The van der Waals surface area contributed by atoms with Gasteiger partial charge < -0.3 is 15.4 Å². The van der Waals surface area contributed by atoms with Gasteiger partial charge in [0.05, 0.1) is 6.10 Å². The van der Waals surface area contributed by atoms with Crippen LogP contribution in [0.2, 0.25) is 0 Å². The number of likely N-dealkylation sites (N-methyl/N-ethyl adjacent to an activating group) is 1. The first-order valence-electron chi connectivity index (χ1n) is 6.28. The van der Waals surface area contributed by atoms with Crippen molar-refractivity contribution >= 4 is 5.91 Å². The van der Waals surface area contributed by atoms with E-state index in [9.17, 15) is 4.79 Å². The molecule has 0 aliphatic carbocycles. The van der Waals surface area contributed by atoms with E-state index in [2.05, 4.69) is 17.4 Å². The molecule has 0 spiro atoms. The second-order valence-corrected chi connectivity index (χ2v) is 4.83. The molecule has 2 aliphatic rings. The van der Waals surface area contributed by atoms with Gasteiger partial charge >= 0.3 is 0 Å². The van der Waals surface area contributed by atoms with E-state index in [1.165, 1.54) is 0 Å². The Balaban J connectivity index is 1.74. The van der Waals surface area contributed by atoms with E-state index in [1.54, 1.807) is 0 Å². The summed E-state index contributed by atoms with van der Waals surface area (Å²) in [6.45, 7) is 4.21. The Labute approximate surface area is 102 Å². The number of hydrazine groups is 1. The van der Waals surface area contributed by atoms with Crippen molar-refractivity contribution in [2.24, 2.45) is 5.73 Å². The van der Waals surface area contributed by atoms with Crippen LogP contribution in [-0.2, 0) is 9.53 Å². The van der Waals surface area contributed by atoms with Crippen LogP contribution in [0.3, 0.4) is 0 Å². The van der Waals surface area contributed by atoms with Crippen molar-refractivity contribution in [3.8, 4) is 0 Å². The molecule has 0 aromatic rings. The van der Waals surface area contributed by atoms with Gasteiger partial charge in [0.2, 0.25) is 0 Å². The fraction of sp³-hybridized carbons (Fsp3) is 0.909. The molecule has 6 heteroatoms. The largest absolute Gasteiger partial charge is 0.364 e. The number of piperazine rings is 1. The minimum absolute atomic E-state index is 0.0227. The van der Waals surface area contributed by atoms with Crippen molar-refractivity contribution in [3.63, 3.8) is 0 Å². The first-order valence-corrected chi connectivity index (χ1v) is 6.28. The first kappa shape index (κ1) is 12.8. The summed E-state index contributed by atoms with van der Waals surface area (Å²) in [5.41, 5.74) is 8.45. The van der Waals surface area contributed by atoms with E-state index >= 15 is 0 Å².